The van der Waals surface area contributed by atoms with Gasteiger partial charge in [0.2, 0.25) is 0 Å². The van der Waals surface area contributed by atoms with E-state index in [-0.39, 0.29) is 0 Å². The molecule has 1 N–H and O–H groups in total. The summed E-state index contributed by atoms with van der Waals surface area (Å²) in [6, 6.07) is 4.10. The zero-order valence-corrected chi connectivity index (χ0v) is 10.7. The van der Waals surface area contributed by atoms with Crippen molar-refractivity contribution in [1.29, 1.82) is 0 Å². The molecule has 4 heteroatoms. The van der Waals surface area contributed by atoms with Crippen molar-refractivity contribution in [2.24, 2.45) is 0 Å². The van der Waals surface area contributed by atoms with Gasteiger partial charge in [0, 0.05) is 25.1 Å². The van der Waals surface area contributed by atoms with Gasteiger partial charge in [0.25, 0.3) is 0 Å². The maximum absolute atomic E-state index is 5.85. The molecule has 2 heterocycles. The molecule has 4 nitrogen and oxygen atoms in total. The van der Waals surface area contributed by atoms with Gasteiger partial charge in [-0.3, -0.25) is 0 Å². The fourth-order valence-corrected chi connectivity index (χ4v) is 2.81. The molecule has 0 bridgehead atoms. The SMILES string of the molecule is COCc1ccc2c(c1C1CCNC1)OCCO2. The van der Waals surface area contributed by atoms with Crippen LogP contribution >= 0.6 is 0 Å². The third kappa shape index (κ3) is 2.06. The molecule has 1 unspecified atom stereocenters. The molecule has 0 aromatic heterocycles. The molecule has 3 rings (SSSR count). The lowest BCUT2D eigenvalue weighted by atomic mass is 9.92. The van der Waals surface area contributed by atoms with Crippen LogP contribution in [-0.4, -0.2) is 33.4 Å². The molecule has 1 aromatic carbocycles. The second-order valence-electron chi connectivity index (χ2n) is 4.79. The molecule has 0 aliphatic carbocycles. The molecule has 2 aliphatic rings. The second kappa shape index (κ2) is 5.16. The molecule has 0 radical (unpaired) electrons. The average molecular weight is 249 g/mol. The molecule has 0 spiro atoms. The van der Waals surface area contributed by atoms with Crippen LogP contribution in [0.2, 0.25) is 0 Å². The first kappa shape index (κ1) is 11.8. The van der Waals surface area contributed by atoms with Crippen LogP contribution in [-0.2, 0) is 11.3 Å². The van der Waals surface area contributed by atoms with Crippen molar-refractivity contribution >= 4 is 0 Å². The molecule has 2 aliphatic heterocycles. The normalized spacial score (nSPS) is 22.2. The second-order valence-corrected chi connectivity index (χ2v) is 4.79. The average Bonchev–Trinajstić information content (AvgIpc) is 2.92. The third-order valence-corrected chi connectivity index (χ3v) is 3.61. The number of benzene rings is 1. The number of methoxy groups -OCH3 is 1. The predicted molar refractivity (Wildman–Crippen MR) is 68.4 cm³/mol. The summed E-state index contributed by atoms with van der Waals surface area (Å²) in [5.74, 6) is 2.32. The minimum absolute atomic E-state index is 0.506. The summed E-state index contributed by atoms with van der Waals surface area (Å²) in [5.41, 5.74) is 2.49. The lowest BCUT2D eigenvalue weighted by Crippen LogP contribution is -2.19. The fourth-order valence-electron chi connectivity index (χ4n) is 2.81. The standard InChI is InChI=1S/C14H19NO3/c1-16-9-11-2-3-12-14(18-7-6-17-12)13(11)10-4-5-15-8-10/h2-3,10,15H,4-9H2,1H3. The highest BCUT2D eigenvalue weighted by Crippen LogP contribution is 2.42. The van der Waals surface area contributed by atoms with Crippen molar-refractivity contribution in [2.45, 2.75) is 18.9 Å². The Morgan fingerprint density at radius 1 is 1.33 bits per heavy atom. The number of hydrogen-bond donors (Lipinski definition) is 1. The molecule has 18 heavy (non-hydrogen) atoms. The molecule has 1 fully saturated rings. The predicted octanol–water partition coefficient (Wildman–Crippen LogP) is 1.68. The Morgan fingerprint density at radius 2 is 2.22 bits per heavy atom. The maximum atomic E-state index is 5.85. The summed E-state index contributed by atoms with van der Waals surface area (Å²) in [5, 5.41) is 3.41. The van der Waals surface area contributed by atoms with Gasteiger partial charge < -0.3 is 19.5 Å². The zero-order valence-electron chi connectivity index (χ0n) is 10.7. The van der Waals surface area contributed by atoms with Gasteiger partial charge in [-0.05, 0) is 24.6 Å². The smallest absolute Gasteiger partial charge is 0.165 e. The minimum atomic E-state index is 0.506. The van der Waals surface area contributed by atoms with E-state index in [0.29, 0.717) is 25.7 Å². The highest BCUT2D eigenvalue weighted by molar-refractivity contribution is 5.53. The van der Waals surface area contributed by atoms with Crippen LogP contribution in [0.25, 0.3) is 0 Å². The van der Waals surface area contributed by atoms with E-state index in [1.807, 2.05) is 6.07 Å². The zero-order chi connectivity index (χ0) is 12.4. The van der Waals surface area contributed by atoms with Gasteiger partial charge in [-0.1, -0.05) is 6.07 Å². The topological polar surface area (TPSA) is 39.7 Å². The van der Waals surface area contributed by atoms with E-state index in [9.17, 15) is 0 Å². The quantitative estimate of drug-likeness (QED) is 0.884. The Hall–Kier alpha value is -1.26. The number of nitrogens with one attached hydrogen (secondary N) is 1. The van der Waals surface area contributed by atoms with Gasteiger partial charge in [-0.15, -0.1) is 0 Å². The van der Waals surface area contributed by atoms with Crippen LogP contribution in [0.15, 0.2) is 12.1 Å². The highest BCUT2D eigenvalue weighted by Gasteiger charge is 2.27. The molecule has 1 atom stereocenters. The van der Waals surface area contributed by atoms with Crippen LogP contribution in [0.3, 0.4) is 0 Å². The van der Waals surface area contributed by atoms with Crippen molar-refractivity contribution < 1.29 is 14.2 Å². The molecule has 98 valence electrons. The Morgan fingerprint density at radius 3 is 3.00 bits per heavy atom. The van der Waals surface area contributed by atoms with Gasteiger partial charge in [-0.25, -0.2) is 0 Å². The summed E-state index contributed by atoms with van der Waals surface area (Å²) in [6.45, 7) is 3.98. The summed E-state index contributed by atoms with van der Waals surface area (Å²) in [4.78, 5) is 0. The van der Waals surface area contributed by atoms with Crippen molar-refractivity contribution in [3.63, 3.8) is 0 Å². The largest absolute Gasteiger partial charge is 0.486 e. The Bertz CT molecular complexity index is 427. The van der Waals surface area contributed by atoms with Crippen molar-refractivity contribution in [2.75, 3.05) is 33.4 Å². The number of hydrogen-bond acceptors (Lipinski definition) is 4. The van der Waals surface area contributed by atoms with E-state index >= 15 is 0 Å². The van der Waals surface area contributed by atoms with Gasteiger partial charge in [-0.2, -0.15) is 0 Å². The van der Waals surface area contributed by atoms with E-state index in [1.54, 1.807) is 7.11 Å². The van der Waals surface area contributed by atoms with Gasteiger partial charge in [0.15, 0.2) is 11.5 Å². The first-order chi connectivity index (χ1) is 8.90. The number of ether oxygens (including phenoxy) is 3. The number of fused-ring (bicyclic) bond motifs is 1. The summed E-state index contributed by atoms with van der Waals surface area (Å²) < 4.78 is 16.8. The van der Waals surface area contributed by atoms with Crippen LogP contribution < -0.4 is 14.8 Å². The van der Waals surface area contributed by atoms with Gasteiger partial charge in [0.1, 0.15) is 13.2 Å². The van der Waals surface area contributed by atoms with Crippen molar-refractivity contribution in [1.82, 2.24) is 5.32 Å². The van der Waals surface area contributed by atoms with Crippen LogP contribution in [0.1, 0.15) is 23.5 Å². The maximum Gasteiger partial charge on any atom is 0.165 e. The van der Waals surface area contributed by atoms with E-state index in [4.69, 9.17) is 14.2 Å². The fraction of sp³-hybridized carbons (Fsp3) is 0.571. The molecule has 1 aromatic rings. The van der Waals surface area contributed by atoms with Crippen LogP contribution in [0.5, 0.6) is 11.5 Å². The van der Waals surface area contributed by atoms with E-state index in [0.717, 1.165) is 31.0 Å². The molecule has 0 amide bonds. The van der Waals surface area contributed by atoms with Crippen molar-refractivity contribution in [3.05, 3.63) is 23.3 Å². The highest BCUT2D eigenvalue weighted by atomic mass is 16.6. The van der Waals surface area contributed by atoms with Gasteiger partial charge >= 0.3 is 0 Å². The van der Waals surface area contributed by atoms with Gasteiger partial charge in [0.05, 0.1) is 6.61 Å². The lowest BCUT2D eigenvalue weighted by Gasteiger charge is -2.25. The Labute approximate surface area is 107 Å². The van der Waals surface area contributed by atoms with E-state index < -0.39 is 0 Å². The third-order valence-electron chi connectivity index (χ3n) is 3.61. The monoisotopic (exact) mass is 249 g/mol. The summed E-state index contributed by atoms with van der Waals surface area (Å²) in [7, 11) is 1.73. The molecular weight excluding hydrogens is 230 g/mol. The minimum Gasteiger partial charge on any atom is -0.486 e. The molecule has 0 saturated carbocycles. The Balaban J connectivity index is 2.04. The lowest BCUT2D eigenvalue weighted by molar-refractivity contribution is 0.164. The van der Waals surface area contributed by atoms with Crippen LogP contribution in [0, 0.1) is 0 Å². The Kier molecular flexibility index (Phi) is 3.39. The summed E-state index contributed by atoms with van der Waals surface area (Å²) in [6.07, 6.45) is 1.15. The first-order valence-electron chi connectivity index (χ1n) is 6.51. The van der Waals surface area contributed by atoms with Crippen molar-refractivity contribution in [3.8, 4) is 11.5 Å². The number of rotatable bonds is 3. The molecule has 1 saturated heterocycles. The van der Waals surface area contributed by atoms with Crippen LogP contribution in [0.4, 0.5) is 0 Å². The van der Waals surface area contributed by atoms with E-state index in [1.165, 1.54) is 11.1 Å². The van der Waals surface area contributed by atoms with E-state index in [2.05, 4.69) is 11.4 Å². The molecular formula is C14H19NO3. The first-order valence-corrected chi connectivity index (χ1v) is 6.51. The summed E-state index contributed by atoms with van der Waals surface area (Å²) >= 11 is 0.